The minimum Gasteiger partial charge on any atom is -0.286 e. The van der Waals surface area contributed by atoms with Crippen LogP contribution in [-0.4, -0.2) is 0 Å². The lowest BCUT2D eigenvalue weighted by Gasteiger charge is -2.10. The highest BCUT2D eigenvalue weighted by atomic mass is 15.0. The van der Waals surface area contributed by atoms with Gasteiger partial charge in [0.15, 0.2) is 0 Å². The summed E-state index contributed by atoms with van der Waals surface area (Å²) < 4.78 is 2.05. The Hall–Kier alpha value is -2.09. The van der Waals surface area contributed by atoms with E-state index in [0.29, 0.717) is 0 Å². The van der Waals surface area contributed by atoms with E-state index in [0.717, 1.165) is 18.7 Å². The molecule has 122 valence electrons. The quantitative estimate of drug-likeness (QED) is 0.693. The van der Waals surface area contributed by atoms with Crippen LogP contribution in [0.2, 0.25) is 0 Å². The first-order valence-electron chi connectivity index (χ1n) is 8.80. The second kappa shape index (κ2) is 9.14. The number of aromatic nitrogens is 1. The fourth-order valence-electron chi connectivity index (χ4n) is 2.78. The van der Waals surface area contributed by atoms with Gasteiger partial charge in [-0.15, -0.1) is 0 Å². The van der Waals surface area contributed by atoms with Crippen molar-refractivity contribution >= 4 is 18.1 Å². The molecule has 0 amide bonds. The molecule has 0 radical (unpaired) electrons. The number of aryl methyl sites for hydroxylation is 1. The van der Waals surface area contributed by atoms with Crippen LogP contribution in [0.15, 0.2) is 42.6 Å². The highest BCUT2D eigenvalue weighted by Gasteiger charge is 2.14. The minimum absolute atomic E-state index is 0.888. The van der Waals surface area contributed by atoms with Crippen LogP contribution in [-0.2, 0) is 12.8 Å². The van der Waals surface area contributed by atoms with E-state index in [1.54, 1.807) is 0 Å². The fourth-order valence-corrected chi connectivity index (χ4v) is 2.78. The highest BCUT2D eigenvalue weighted by molar-refractivity contribution is 5.57. The van der Waals surface area contributed by atoms with Gasteiger partial charge in [0, 0.05) is 5.56 Å². The van der Waals surface area contributed by atoms with E-state index >= 15 is 0 Å². The van der Waals surface area contributed by atoms with Crippen molar-refractivity contribution in [2.75, 3.05) is 5.73 Å². The molecular weight excluding hydrogens is 280 g/mol. The molecule has 1 heterocycles. The first-order chi connectivity index (χ1) is 11.3. The summed E-state index contributed by atoms with van der Waals surface area (Å²) in [7, 11) is 0. The third-order valence-electron chi connectivity index (χ3n) is 4.22. The number of rotatable bonds is 8. The summed E-state index contributed by atoms with van der Waals surface area (Å²) >= 11 is 0. The Morgan fingerprint density at radius 3 is 2.35 bits per heavy atom. The van der Waals surface area contributed by atoms with Crippen LogP contribution in [0, 0.1) is 0 Å². The Morgan fingerprint density at radius 2 is 1.65 bits per heavy atom. The topological polar surface area (TPSA) is 29.9 Å². The third kappa shape index (κ3) is 4.95. The van der Waals surface area contributed by atoms with Crippen molar-refractivity contribution in [2.45, 2.75) is 52.4 Å². The molecule has 2 nitrogen and oxygen atoms in total. The average Bonchev–Trinajstić information content (AvgIpc) is 2.59. The summed E-state index contributed by atoms with van der Waals surface area (Å²) in [6.07, 6.45) is 13.3. The predicted octanol–water partition coefficient (Wildman–Crippen LogP) is 4.87. The van der Waals surface area contributed by atoms with E-state index < -0.39 is 0 Å². The van der Waals surface area contributed by atoms with Crippen molar-refractivity contribution in [3.63, 3.8) is 0 Å². The molecule has 0 aliphatic rings. The maximum absolute atomic E-state index is 6.47. The Labute approximate surface area is 140 Å². The number of unbranched alkanes of at least 4 members (excludes halogenated alkanes) is 2. The fraction of sp³-hybridized carbons (Fsp3) is 0.381. The molecule has 0 saturated carbocycles. The minimum atomic E-state index is 0.888. The van der Waals surface area contributed by atoms with Crippen molar-refractivity contribution in [1.29, 1.82) is 0 Å². The maximum atomic E-state index is 6.47. The van der Waals surface area contributed by atoms with Crippen LogP contribution in [0.4, 0.5) is 5.82 Å². The van der Waals surface area contributed by atoms with Crippen LogP contribution < -0.4 is 10.3 Å². The van der Waals surface area contributed by atoms with Gasteiger partial charge in [-0.3, -0.25) is 5.73 Å². The van der Waals surface area contributed by atoms with Gasteiger partial charge in [0.25, 0.3) is 5.82 Å². The zero-order valence-electron chi connectivity index (χ0n) is 14.5. The number of hydrogen-bond acceptors (Lipinski definition) is 1. The molecule has 0 aliphatic carbocycles. The van der Waals surface area contributed by atoms with Crippen molar-refractivity contribution < 1.29 is 4.57 Å². The largest absolute Gasteiger partial charge is 0.286 e. The molecule has 2 heteroatoms. The van der Waals surface area contributed by atoms with Gasteiger partial charge >= 0.3 is 0 Å². The second-order valence-electron chi connectivity index (χ2n) is 6.05. The van der Waals surface area contributed by atoms with Gasteiger partial charge in [-0.2, -0.15) is 0 Å². The van der Waals surface area contributed by atoms with E-state index in [-0.39, 0.29) is 0 Å². The van der Waals surface area contributed by atoms with Crippen LogP contribution >= 0.6 is 0 Å². The van der Waals surface area contributed by atoms with Gasteiger partial charge in [-0.1, -0.05) is 57.0 Å². The average molecular weight is 309 g/mol. The number of nitrogen functional groups attached to an aromatic ring is 1. The van der Waals surface area contributed by atoms with Crippen LogP contribution in [0.25, 0.3) is 12.3 Å². The molecule has 0 saturated heterocycles. The normalized spacial score (nSPS) is 11.2. The Morgan fingerprint density at radius 1 is 0.957 bits per heavy atom. The molecule has 0 fully saturated rings. The molecule has 2 N–H and O–H groups in total. The number of nitrogens with two attached hydrogens (primary N) is 1. The van der Waals surface area contributed by atoms with Crippen molar-refractivity contribution in [3.05, 3.63) is 59.3 Å². The van der Waals surface area contributed by atoms with Crippen LogP contribution in [0.1, 0.15) is 56.2 Å². The number of nitrogens with zero attached hydrogens (tertiary/aromatic N) is 1. The van der Waals surface area contributed by atoms with Crippen LogP contribution in [0.3, 0.4) is 0 Å². The summed E-state index contributed by atoms with van der Waals surface area (Å²) in [6.45, 7) is 4.47. The van der Waals surface area contributed by atoms with Gasteiger partial charge in [-0.25, -0.2) is 4.57 Å². The lowest BCUT2D eigenvalue weighted by Crippen LogP contribution is -2.32. The van der Waals surface area contributed by atoms with Gasteiger partial charge in [0.1, 0.15) is 0 Å². The molecule has 1 aromatic heterocycles. The Kier molecular flexibility index (Phi) is 6.86. The first-order valence-corrected chi connectivity index (χ1v) is 8.80. The molecular formula is C21H29N2+. The zero-order valence-corrected chi connectivity index (χ0v) is 14.5. The van der Waals surface area contributed by atoms with Gasteiger partial charge in [0.05, 0.1) is 12.4 Å². The first kappa shape index (κ1) is 17.3. The molecule has 0 atom stereocenters. The lowest BCUT2D eigenvalue weighted by atomic mass is 9.99. The summed E-state index contributed by atoms with van der Waals surface area (Å²) in [6, 6.07) is 12.6. The molecule has 1 aromatic carbocycles. The van der Waals surface area contributed by atoms with E-state index in [1.807, 2.05) is 22.8 Å². The molecule has 0 aliphatic heterocycles. The van der Waals surface area contributed by atoms with Crippen molar-refractivity contribution in [3.8, 4) is 0 Å². The third-order valence-corrected chi connectivity index (χ3v) is 4.22. The molecule has 0 unspecified atom stereocenters. The van der Waals surface area contributed by atoms with E-state index in [1.165, 1.54) is 42.4 Å². The van der Waals surface area contributed by atoms with Gasteiger partial charge in [0.2, 0.25) is 0 Å². The Balaban J connectivity index is 2.28. The lowest BCUT2D eigenvalue weighted by molar-refractivity contribution is -0.551. The SMILES string of the molecule is CCCCc1cc[n+](C=Cc2ccccc2)c(N)c1CCCC. The zero-order chi connectivity index (χ0) is 16.5. The Bertz CT molecular complexity index is 630. The standard InChI is InChI=1S/C21H28N2/c1-3-5-12-19-15-17-23(21(22)20(19)13-6-4-2)16-14-18-10-8-7-9-11-18/h7-11,14-17,22H,3-6,12-13H2,1-2H3/p+1. The molecule has 0 spiro atoms. The van der Waals surface area contributed by atoms with Crippen molar-refractivity contribution in [1.82, 2.24) is 0 Å². The van der Waals surface area contributed by atoms with E-state index in [4.69, 9.17) is 5.73 Å². The number of pyridine rings is 1. The van der Waals surface area contributed by atoms with E-state index in [2.05, 4.69) is 50.5 Å². The predicted molar refractivity (Wildman–Crippen MR) is 99.9 cm³/mol. The summed E-state index contributed by atoms with van der Waals surface area (Å²) in [5.74, 6) is 0.888. The van der Waals surface area contributed by atoms with Crippen LogP contribution in [0.5, 0.6) is 0 Å². The summed E-state index contributed by atoms with van der Waals surface area (Å²) in [5.41, 5.74) is 10.4. The highest BCUT2D eigenvalue weighted by Crippen LogP contribution is 2.19. The van der Waals surface area contributed by atoms with E-state index in [9.17, 15) is 0 Å². The molecule has 0 bridgehead atoms. The number of benzene rings is 1. The smallest absolute Gasteiger partial charge is 0.280 e. The monoisotopic (exact) mass is 309 g/mol. The summed E-state index contributed by atoms with van der Waals surface area (Å²) in [4.78, 5) is 0. The number of anilines is 1. The molecule has 2 rings (SSSR count). The van der Waals surface area contributed by atoms with Gasteiger partial charge < -0.3 is 0 Å². The maximum Gasteiger partial charge on any atom is 0.280 e. The molecule has 2 aromatic rings. The molecule has 23 heavy (non-hydrogen) atoms. The van der Waals surface area contributed by atoms with Gasteiger partial charge in [-0.05, 0) is 49.0 Å². The number of hydrogen-bond donors (Lipinski definition) is 1. The second-order valence-corrected chi connectivity index (χ2v) is 6.05. The summed E-state index contributed by atoms with van der Waals surface area (Å²) in [5, 5.41) is 0. The van der Waals surface area contributed by atoms with Crippen molar-refractivity contribution in [2.24, 2.45) is 0 Å².